The zero-order chi connectivity index (χ0) is 30.4. The fraction of sp³-hybridized carbons (Fsp3) is 0.278. The molecule has 0 fully saturated rings. The third kappa shape index (κ3) is 9.18. The van der Waals surface area contributed by atoms with Crippen molar-refractivity contribution in [1.82, 2.24) is 15.5 Å². The van der Waals surface area contributed by atoms with E-state index in [-0.39, 0.29) is 11.8 Å². The maximum absolute atomic E-state index is 13.6. The van der Waals surface area contributed by atoms with E-state index in [1.807, 2.05) is 104 Å². The molecule has 0 saturated carbocycles. The van der Waals surface area contributed by atoms with Crippen molar-refractivity contribution in [2.24, 2.45) is 0 Å². The second-order valence-electron chi connectivity index (χ2n) is 10.5. The van der Waals surface area contributed by atoms with Crippen molar-refractivity contribution in [3.63, 3.8) is 0 Å². The second-order valence-corrected chi connectivity index (χ2v) is 10.5. The SMILES string of the molecule is COc1ccc(CN(C)CCC[C@H](NC(=O)c2ccccc2-c2ccccc2)C(=O)NCCc2ccccc2)cc1OC. The lowest BCUT2D eigenvalue weighted by molar-refractivity contribution is -0.123. The number of hydrogen-bond acceptors (Lipinski definition) is 5. The van der Waals surface area contributed by atoms with Gasteiger partial charge in [-0.25, -0.2) is 0 Å². The Morgan fingerprint density at radius 3 is 2.19 bits per heavy atom. The van der Waals surface area contributed by atoms with Crippen molar-refractivity contribution in [3.8, 4) is 22.6 Å². The van der Waals surface area contributed by atoms with Crippen LogP contribution in [-0.4, -0.2) is 57.1 Å². The van der Waals surface area contributed by atoms with E-state index >= 15 is 0 Å². The average Bonchev–Trinajstić information content (AvgIpc) is 3.05. The summed E-state index contributed by atoms with van der Waals surface area (Å²) in [5.41, 5.74) is 4.58. The third-order valence-corrected chi connectivity index (χ3v) is 7.37. The number of nitrogens with one attached hydrogen (secondary N) is 2. The fourth-order valence-corrected chi connectivity index (χ4v) is 5.09. The van der Waals surface area contributed by atoms with Crippen LogP contribution in [-0.2, 0) is 17.8 Å². The molecule has 0 unspecified atom stereocenters. The minimum absolute atomic E-state index is 0.177. The van der Waals surface area contributed by atoms with Gasteiger partial charge >= 0.3 is 0 Å². The molecule has 4 aromatic carbocycles. The Hall–Kier alpha value is -4.62. The van der Waals surface area contributed by atoms with E-state index in [0.29, 0.717) is 36.6 Å². The van der Waals surface area contributed by atoms with Crippen LogP contribution in [0.1, 0.15) is 34.3 Å². The van der Waals surface area contributed by atoms with Gasteiger partial charge in [-0.1, -0.05) is 84.9 Å². The highest BCUT2D eigenvalue weighted by atomic mass is 16.5. The molecule has 2 N–H and O–H groups in total. The van der Waals surface area contributed by atoms with Crippen LogP contribution in [0.2, 0.25) is 0 Å². The largest absolute Gasteiger partial charge is 0.493 e. The van der Waals surface area contributed by atoms with Crippen LogP contribution in [0.15, 0.2) is 103 Å². The summed E-state index contributed by atoms with van der Waals surface area (Å²) < 4.78 is 10.8. The monoisotopic (exact) mass is 579 g/mol. The summed E-state index contributed by atoms with van der Waals surface area (Å²) in [6.07, 6.45) is 1.95. The molecule has 0 aliphatic heterocycles. The number of benzene rings is 4. The van der Waals surface area contributed by atoms with Crippen molar-refractivity contribution in [1.29, 1.82) is 0 Å². The smallest absolute Gasteiger partial charge is 0.252 e. The predicted octanol–water partition coefficient (Wildman–Crippen LogP) is 5.74. The lowest BCUT2D eigenvalue weighted by Crippen LogP contribution is -2.47. The molecule has 0 saturated heterocycles. The highest BCUT2D eigenvalue weighted by Gasteiger charge is 2.23. The van der Waals surface area contributed by atoms with Crippen LogP contribution in [0.25, 0.3) is 11.1 Å². The number of carbonyl (C=O) groups is 2. The average molecular weight is 580 g/mol. The maximum atomic E-state index is 13.6. The van der Waals surface area contributed by atoms with Gasteiger partial charge in [-0.15, -0.1) is 0 Å². The number of amides is 2. The molecule has 43 heavy (non-hydrogen) atoms. The lowest BCUT2D eigenvalue weighted by atomic mass is 9.98. The second kappa shape index (κ2) is 16.1. The summed E-state index contributed by atoms with van der Waals surface area (Å²) in [4.78, 5) is 29.2. The molecule has 0 aromatic heterocycles. The molecule has 7 nitrogen and oxygen atoms in total. The highest BCUT2D eigenvalue weighted by Crippen LogP contribution is 2.28. The molecule has 0 radical (unpaired) electrons. The molecule has 0 spiro atoms. The Bertz CT molecular complexity index is 1460. The zero-order valence-electron chi connectivity index (χ0n) is 25.2. The Morgan fingerprint density at radius 1 is 0.791 bits per heavy atom. The van der Waals surface area contributed by atoms with Crippen molar-refractivity contribution in [2.45, 2.75) is 31.8 Å². The molecule has 0 aliphatic rings. The van der Waals surface area contributed by atoms with Crippen LogP contribution in [0, 0.1) is 0 Å². The van der Waals surface area contributed by atoms with Gasteiger partial charge in [0.25, 0.3) is 5.91 Å². The Balaban J connectivity index is 1.41. The number of methoxy groups -OCH3 is 2. The number of nitrogens with zero attached hydrogens (tertiary/aromatic N) is 1. The van der Waals surface area contributed by atoms with Gasteiger partial charge in [-0.2, -0.15) is 0 Å². The number of ether oxygens (including phenoxy) is 2. The van der Waals surface area contributed by atoms with E-state index in [1.54, 1.807) is 20.3 Å². The first-order valence-corrected chi connectivity index (χ1v) is 14.6. The van der Waals surface area contributed by atoms with E-state index in [4.69, 9.17) is 9.47 Å². The number of hydrogen-bond donors (Lipinski definition) is 2. The van der Waals surface area contributed by atoms with Crippen LogP contribution in [0.4, 0.5) is 0 Å². The molecule has 1 atom stereocenters. The minimum Gasteiger partial charge on any atom is -0.493 e. The highest BCUT2D eigenvalue weighted by molar-refractivity contribution is 6.02. The van der Waals surface area contributed by atoms with Crippen LogP contribution in [0.3, 0.4) is 0 Å². The zero-order valence-corrected chi connectivity index (χ0v) is 25.2. The number of rotatable bonds is 15. The molecule has 7 heteroatoms. The molecule has 0 heterocycles. The summed E-state index contributed by atoms with van der Waals surface area (Å²) in [5, 5.41) is 6.09. The van der Waals surface area contributed by atoms with Gasteiger partial charge in [0, 0.05) is 18.7 Å². The third-order valence-electron chi connectivity index (χ3n) is 7.37. The topological polar surface area (TPSA) is 79.9 Å². The molecule has 4 aromatic rings. The lowest BCUT2D eigenvalue weighted by Gasteiger charge is -2.22. The van der Waals surface area contributed by atoms with Crippen LogP contribution < -0.4 is 20.1 Å². The summed E-state index contributed by atoms with van der Waals surface area (Å²) >= 11 is 0. The normalized spacial score (nSPS) is 11.5. The van der Waals surface area contributed by atoms with Gasteiger partial charge in [0.05, 0.1) is 14.2 Å². The molecule has 0 bridgehead atoms. The Morgan fingerprint density at radius 2 is 1.47 bits per heavy atom. The summed E-state index contributed by atoms with van der Waals surface area (Å²) in [5.74, 6) is 0.948. The molecule has 224 valence electrons. The summed E-state index contributed by atoms with van der Waals surface area (Å²) in [6, 6.07) is 32.6. The van der Waals surface area contributed by atoms with Crippen LogP contribution in [0.5, 0.6) is 11.5 Å². The van der Waals surface area contributed by atoms with E-state index in [0.717, 1.165) is 41.6 Å². The first-order valence-electron chi connectivity index (χ1n) is 14.6. The van der Waals surface area contributed by atoms with Crippen molar-refractivity contribution >= 4 is 11.8 Å². The van der Waals surface area contributed by atoms with Crippen molar-refractivity contribution in [3.05, 3.63) is 120 Å². The molecule has 4 rings (SSSR count). The fourth-order valence-electron chi connectivity index (χ4n) is 5.09. The molecular formula is C36H41N3O4. The summed E-state index contributed by atoms with van der Waals surface area (Å²) in [7, 11) is 5.29. The maximum Gasteiger partial charge on any atom is 0.252 e. The standard InChI is InChI=1S/C36H41N3O4/c1-39(26-28-20-21-33(42-2)34(25-28)43-3)24-12-19-32(36(41)37-23-22-27-13-6-4-7-14-27)38-35(40)31-18-11-10-17-30(31)29-15-8-5-9-16-29/h4-11,13-18,20-21,25,32H,12,19,22-24,26H2,1-3H3,(H,37,41)(H,38,40)/t32-/m0/s1. The molecular weight excluding hydrogens is 538 g/mol. The first kappa shape index (κ1) is 31.3. The molecule has 2 amide bonds. The van der Waals surface area contributed by atoms with Gasteiger partial charge < -0.3 is 25.0 Å². The molecule has 0 aliphatic carbocycles. The minimum atomic E-state index is -0.665. The van der Waals surface area contributed by atoms with Gasteiger partial charge in [-0.3, -0.25) is 9.59 Å². The van der Waals surface area contributed by atoms with E-state index in [2.05, 4.69) is 15.5 Å². The number of carbonyl (C=O) groups excluding carboxylic acids is 2. The first-order chi connectivity index (χ1) is 21.0. The van der Waals surface area contributed by atoms with Gasteiger partial charge in [0.1, 0.15) is 6.04 Å². The van der Waals surface area contributed by atoms with Crippen LogP contribution >= 0.6 is 0 Å². The van der Waals surface area contributed by atoms with Crippen molar-refractivity contribution < 1.29 is 19.1 Å². The van der Waals surface area contributed by atoms with Gasteiger partial charge in [0.15, 0.2) is 11.5 Å². The summed E-state index contributed by atoms with van der Waals surface area (Å²) in [6.45, 7) is 1.96. The predicted molar refractivity (Wildman–Crippen MR) is 171 cm³/mol. The van der Waals surface area contributed by atoms with Crippen molar-refractivity contribution in [2.75, 3.05) is 34.4 Å². The van der Waals surface area contributed by atoms with Gasteiger partial charge in [0.2, 0.25) is 5.91 Å². The Labute approximate surface area is 254 Å². The van der Waals surface area contributed by atoms with E-state index < -0.39 is 6.04 Å². The van der Waals surface area contributed by atoms with E-state index in [9.17, 15) is 9.59 Å². The van der Waals surface area contributed by atoms with Gasteiger partial charge in [-0.05, 0) is 73.3 Å². The quantitative estimate of drug-likeness (QED) is 0.188. The van der Waals surface area contributed by atoms with E-state index in [1.165, 1.54) is 0 Å². The Kier molecular flexibility index (Phi) is 11.7.